The van der Waals surface area contributed by atoms with Crippen LogP contribution >= 0.6 is 0 Å². The lowest BCUT2D eigenvalue weighted by Gasteiger charge is -2.12. The molecule has 136 valence electrons. The van der Waals surface area contributed by atoms with Crippen LogP contribution in [0.15, 0.2) is 24.3 Å². The van der Waals surface area contributed by atoms with Crippen LogP contribution in [0.2, 0.25) is 0 Å². The van der Waals surface area contributed by atoms with Crippen LogP contribution in [-0.2, 0) is 4.74 Å². The molecule has 3 heterocycles. The predicted octanol–water partition coefficient (Wildman–Crippen LogP) is 2.36. The Labute approximate surface area is 150 Å². The number of aryl methyl sites for hydroxylation is 1. The molecule has 1 atom stereocenters. The van der Waals surface area contributed by atoms with Gasteiger partial charge in [0.2, 0.25) is 6.79 Å². The van der Waals surface area contributed by atoms with Crippen LogP contribution in [0.4, 0.5) is 11.5 Å². The summed E-state index contributed by atoms with van der Waals surface area (Å²) in [5.74, 6) is 2.11. The van der Waals surface area contributed by atoms with Crippen LogP contribution in [0.3, 0.4) is 0 Å². The number of hydrogen-bond donors (Lipinski definition) is 2. The summed E-state index contributed by atoms with van der Waals surface area (Å²) in [7, 11) is 0. The van der Waals surface area contributed by atoms with Crippen LogP contribution in [0.1, 0.15) is 29.2 Å². The number of hydrogen-bond acceptors (Lipinski definition) is 7. The van der Waals surface area contributed by atoms with E-state index < -0.39 is 0 Å². The molecule has 0 saturated carbocycles. The maximum Gasteiger partial charge on any atom is 0.274 e. The average molecular weight is 356 g/mol. The molecule has 1 aromatic heterocycles. The highest BCUT2D eigenvalue weighted by Crippen LogP contribution is 2.34. The van der Waals surface area contributed by atoms with Crippen LogP contribution in [0.25, 0.3) is 0 Å². The average Bonchev–Trinajstić information content (AvgIpc) is 3.30. The van der Waals surface area contributed by atoms with Gasteiger partial charge in [-0.25, -0.2) is 9.97 Å². The molecule has 4 rings (SSSR count). The van der Waals surface area contributed by atoms with Gasteiger partial charge in [0.05, 0.1) is 6.10 Å². The minimum absolute atomic E-state index is 0.191. The van der Waals surface area contributed by atoms with E-state index in [0.717, 1.165) is 19.4 Å². The molecule has 0 spiro atoms. The highest BCUT2D eigenvalue weighted by atomic mass is 16.7. The summed E-state index contributed by atoms with van der Waals surface area (Å²) in [6.07, 6.45) is 2.31. The minimum Gasteiger partial charge on any atom is -0.454 e. The number of benzene rings is 1. The van der Waals surface area contributed by atoms with Crippen LogP contribution in [0, 0.1) is 6.92 Å². The number of nitrogens with one attached hydrogen (secondary N) is 2. The van der Waals surface area contributed by atoms with Gasteiger partial charge in [-0.2, -0.15) is 0 Å². The minimum atomic E-state index is -0.311. The van der Waals surface area contributed by atoms with Crippen molar-refractivity contribution in [2.24, 2.45) is 0 Å². The lowest BCUT2D eigenvalue weighted by atomic mass is 10.2. The van der Waals surface area contributed by atoms with E-state index in [1.807, 2.05) is 0 Å². The van der Waals surface area contributed by atoms with Gasteiger partial charge >= 0.3 is 0 Å². The van der Waals surface area contributed by atoms with Gasteiger partial charge in [0.25, 0.3) is 5.91 Å². The molecule has 26 heavy (non-hydrogen) atoms. The van der Waals surface area contributed by atoms with Crippen LogP contribution < -0.4 is 20.1 Å². The van der Waals surface area contributed by atoms with Gasteiger partial charge < -0.3 is 24.8 Å². The molecule has 2 aliphatic rings. The van der Waals surface area contributed by atoms with E-state index in [1.165, 1.54) is 0 Å². The third kappa shape index (κ3) is 3.70. The van der Waals surface area contributed by atoms with Gasteiger partial charge in [0.15, 0.2) is 11.5 Å². The lowest BCUT2D eigenvalue weighted by Crippen LogP contribution is -2.20. The predicted molar refractivity (Wildman–Crippen MR) is 94.8 cm³/mol. The first kappa shape index (κ1) is 16.6. The van der Waals surface area contributed by atoms with Gasteiger partial charge in [0, 0.05) is 31.0 Å². The smallest absolute Gasteiger partial charge is 0.274 e. The highest BCUT2D eigenvalue weighted by molar-refractivity contribution is 6.03. The van der Waals surface area contributed by atoms with Gasteiger partial charge in [-0.1, -0.05) is 0 Å². The van der Waals surface area contributed by atoms with Crippen LogP contribution in [0.5, 0.6) is 11.5 Å². The normalized spacial score (nSPS) is 18.0. The molecular weight excluding hydrogens is 336 g/mol. The van der Waals surface area contributed by atoms with Crippen molar-refractivity contribution in [2.75, 3.05) is 30.6 Å². The van der Waals surface area contributed by atoms with Gasteiger partial charge in [-0.15, -0.1) is 0 Å². The van der Waals surface area contributed by atoms with Crippen molar-refractivity contribution in [3.8, 4) is 11.5 Å². The summed E-state index contributed by atoms with van der Waals surface area (Å²) in [6, 6.07) is 6.89. The maximum atomic E-state index is 12.6. The van der Waals surface area contributed by atoms with Gasteiger partial charge in [-0.05, 0) is 31.9 Å². The number of carbonyl (C=O) groups is 1. The summed E-state index contributed by atoms with van der Waals surface area (Å²) in [6.45, 7) is 3.42. The van der Waals surface area contributed by atoms with Gasteiger partial charge in [-0.3, -0.25) is 4.79 Å². The van der Waals surface area contributed by atoms with E-state index in [9.17, 15) is 4.79 Å². The standard InChI is InChI=1S/C18H20N4O4/c1-11-20-14(8-17(21-11)19-9-13-3-2-6-24-13)18(23)22-12-4-5-15-16(7-12)26-10-25-15/h4-5,7-8,13H,2-3,6,9-10H2,1H3,(H,22,23)(H,19,20,21). The van der Waals surface area contributed by atoms with Crippen molar-refractivity contribution >= 4 is 17.4 Å². The number of anilines is 2. The Morgan fingerprint density at radius 2 is 2.12 bits per heavy atom. The zero-order valence-corrected chi connectivity index (χ0v) is 14.4. The number of aromatic nitrogens is 2. The number of carbonyl (C=O) groups excluding carboxylic acids is 1. The first-order valence-electron chi connectivity index (χ1n) is 8.59. The van der Waals surface area contributed by atoms with E-state index in [-0.39, 0.29) is 18.8 Å². The van der Waals surface area contributed by atoms with E-state index in [1.54, 1.807) is 31.2 Å². The van der Waals surface area contributed by atoms with Crippen molar-refractivity contribution in [2.45, 2.75) is 25.9 Å². The molecule has 0 bridgehead atoms. The van der Waals surface area contributed by atoms with Crippen molar-refractivity contribution in [1.29, 1.82) is 0 Å². The Hall–Kier alpha value is -2.87. The third-order valence-electron chi connectivity index (χ3n) is 4.24. The zero-order chi connectivity index (χ0) is 17.9. The van der Waals surface area contributed by atoms with E-state index in [4.69, 9.17) is 14.2 Å². The van der Waals surface area contributed by atoms with Crippen molar-refractivity contribution in [1.82, 2.24) is 9.97 Å². The fraction of sp³-hybridized carbons (Fsp3) is 0.389. The van der Waals surface area contributed by atoms with Crippen molar-refractivity contribution in [3.63, 3.8) is 0 Å². The summed E-state index contributed by atoms with van der Waals surface area (Å²) in [5, 5.41) is 6.05. The second-order valence-electron chi connectivity index (χ2n) is 6.22. The molecule has 1 aromatic carbocycles. The summed E-state index contributed by atoms with van der Waals surface area (Å²) in [5.41, 5.74) is 0.911. The molecule has 8 nitrogen and oxygen atoms in total. The lowest BCUT2D eigenvalue weighted by molar-refractivity contribution is 0.102. The SMILES string of the molecule is Cc1nc(NCC2CCCO2)cc(C(=O)Nc2ccc3c(c2)OCO3)n1. The first-order valence-corrected chi connectivity index (χ1v) is 8.59. The molecule has 2 N–H and O–H groups in total. The maximum absolute atomic E-state index is 12.6. The largest absolute Gasteiger partial charge is 0.454 e. The molecule has 1 fully saturated rings. The summed E-state index contributed by atoms with van der Waals surface area (Å²) < 4.78 is 16.2. The van der Waals surface area contributed by atoms with E-state index in [2.05, 4.69) is 20.6 Å². The number of nitrogens with zero attached hydrogens (tertiary/aromatic N) is 2. The first-order chi connectivity index (χ1) is 12.7. The number of ether oxygens (including phenoxy) is 3. The Morgan fingerprint density at radius 3 is 2.96 bits per heavy atom. The number of fused-ring (bicyclic) bond motifs is 1. The molecule has 0 aliphatic carbocycles. The van der Waals surface area contributed by atoms with Gasteiger partial charge in [0.1, 0.15) is 17.3 Å². The number of rotatable bonds is 5. The third-order valence-corrected chi connectivity index (χ3v) is 4.24. The molecular formula is C18H20N4O4. The fourth-order valence-electron chi connectivity index (χ4n) is 2.97. The molecule has 8 heteroatoms. The Bertz CT molecular complexity index is 821. The van der Waals surface area contributed by atoms with E-state index >= 15 is 0 Å². The summed E-state index contributed by atoms with van der Waals surface area (Å²) in [4.78, 5) is 21.1. The second kappa shape index (κ2) is 7.17. The Balaban J connectivity index is 1.44. The fourth-order valence-corrected chi connectivity index (χ4v) is 2.97. The molecule has 2 aliphatic heterocycles. The zero-order valence-electron chi connectivity index (χ0n) is 14.4. The summed E-state index contributed by atoms with van der Waals surface area (Å²) >= 11 is 0. The van der Waals surface area contributed by atoms with Crippen molar-refractivity contribution in [3.05, 3.63) is 35.8 Å². The molecule has 1 unspecified atom stereocenters. The topological polar surface area (TPSA) is 94.6 Å². The van der Waals surface area contributed by atoms with E-state index in [0.29, 0.717) is 41.1 Å². The molecule has 2 aromatic rings. The number of amides is 1. The second-order valence-corrected chi connectivity index (χ2v) is 6.22. The quantitative estimate of drug-likeness (QED) is 0.849. The monoisotopic (exact) mass is 356 g/mol. The highest BCUT2D eigenvalue weighted by Gasteiger charge is 2.18. The Morgan fingerprint density at radius 1 is 1.23 bits per heavy atom. The van der Waals surface area contributed by atoms with Crippen molar-refractivity contribution < 1.29 is 19.0 Å². The molecule has 1 amide bonds. The Kier molecular flexibility index (Phi) is 4.57. The molecule has 1 saturated heterocycles. The van der Waals surface area contributed by atoms with Crippen LogP contribution in [-0.4, -0.2) is 41.9 Å². The molecule has 0 radical (unpaired) electrons.